The molecular formula is C18H23NO. The molecule has 1 atom stereocenters. The molecule has 0 aromatic heterocycles. The van der Waals surface area contributed by atoms with Crippen LogP contribution in [0, 0.1) is 0 Å². The van der Waals surface area contributed by atoms with E-state index < -0.39 is 0 Å². The maximum atomic E-state index is 9.75. The van der Waals surface area contributed by atoms with Gasteiger partial charge in [0, 0.05) is 13.1 Å². The van der Waals surface area contributed by atoms with Crippen molar-refractivity contribution in [1.82, 2.24) is 4.90 Å². The number of rotatable bonds is 6. The average molecular weight is 269 g/mol. The first kappa shape index (κ1) is 14.8. The van der Waals surface area contributed by atoms with E-state index in [0.717, 1.165) is 13.0 Å². The summed E-state index contributed by atoms with van der Waals surface area (Å²) < 4.78 is 0. The van der Waals surface area contributed by atoms with Gasteiger partial charge >= 0.3 is 0 Å². The lowest BCUT2D eigenvalue weighted by Crippen LogP contribution is -2.28. The number of hydrogen-bond acceptors (Lipinski definition) is 2. The number of aliphatic hydroxyl groups excluding tert-OH is 1. The molecule has 2 aromatic carbocycles. The first-order valence-corrected chi connectivity index (χ1v) is 7.20. The van der Waals surface area contributed by atoms with Crippen LogP contribution in [0.5, 0.6) is 0 Å². The molecule has 0 radical (unpaired) electrons. The Balaban J connectivity index is 2.17. The van der Waals surface area contributed by atoms with Crippen LogP contribution in [0.3, 0.4) is 0 Å². The van der Waals surface area contributed by atoms with E-state index in [0.29, 0.717) is 6.54 Å². The second-order valence-electron chi connectivity index (χ2n) is 5.28. The van der Waals surface area contributed by atoms with Crippen LogP contribution in [0.4, 0.5) is 0 Å². The van der Waals surface area contributed by atoms with Crippen molar-refractivity contribution in [3.63, 3.8) is 0 Å². The Morgan fingerprint density at radius 2 is 1.65 bits per heavy atom. The Labute approximate surface area is 121 Å². The van der Waals surface area contributed by atoms with E-state index in [-0.39, 0.29) is 6.10 Å². The molecular weight excluding hydrogens is 246 g/mol. The first-order chi connectivity index (χ1) is 9.70. The molecule has 0 aliphatic carbocycles. The number of nitrogens with zero attached hydrogens (tertiary/aromatic N) is 1. The quantitative estimate of drug-likeness (QED) is 0.867. The number of aliphatic hydroxyl groups is 1. The van der Waals surface area contributed by atoms with E-state index >= 15 is 0 Å². The van der Waals surface area contributed by atoms with Crippen molar-refractivity contribution < 1.29 is 5.11 Å². The van der Waals surface area contributed by atoms with Crippen molar-refractivity contribution >= 4 is 0 Å². The van der Waals surface area contributed by atoms with Crippen LogP contribution in [0.25, 0.3) is 11.1 Å². The Bertz CT molecular complexity index is 524. The average Bonchev–Trinajstić information content (AvgIpc) is 2.48. The Hall–Kier alpha value is -1.64. The molecule has 0 saturated heterocycles. The van der Waals surface area contributed by atoms with Gasteiger partial charge in [-0.2, -0.15) is 0 Å². The fourth-order valence-corrected chi connectivity index (χ4v) is 2.40. The molecule has 0 spiro atoms. The van der Waals surface area contributed by atoms with Crippen LogP contribution >= 0.6 is 0 Å². The number of likely N-dealkylation sites (N-methyl/N-ethyl adjacent to an activating group) is 1. The summed E-state index contributed by atoms with van der Waals surface area (Å²) in [4.78, 5) is 2.18. The molecule has 0 aliphatic rings. The van der Waals surface area contributed by atoms with Crippen LogP contribution in [-0.4, -0.2) is 29.7 Å². The minimum Gasteiger partial charge on any atom is -0.392 e. The maximum absolute atomic E-state index is 9.75. The molecule has 2 heteroatoms. The van der Waals surface area contributed by atoms with E-state index in [1.54, 1.807) is 0 Å². The molecule has 0 amide bonds. The van der Waals surface area contributed by atoms with Gasteiger partial charge in [0.2, 0.25) is 0 Å². The van der Waals surface area contributed by atoms with Gasteiger partial charge in [-0.1, -0.05) is 61.5 Å². The zero-order valence-electron chi connectivity index (χ0n) is 12.3. The molecule has 2 rings (SSSR count). The Morgan fingerprint density at radius 3 is 2.35 bits per heavy atom. The summed E-state index contributed by atoms with van der Waals surface area (Å²) >= 11 is 0. The highest BCUT2D eigenvalue weighted by Gasteiger charge is 2.09. The minimum absolute atomic E-state index is 0.246. The van der Waals surface area contributed by atoms with Gasteiger partial charge in [0.15, 0.2) is 0 Å². The summed E-state index contributed by atoms with van der Waals surface area (Å²) in [6, 6.07) is 18.9. The van der Waals surface area contributed by atoms with Crippen molar-refractivity contribution in [2.24, 2.45) is 0 Å². The molecule has 0 fully saturated rings. The zero-order valence-corrected chi connectivity index (χ0v) is 12.3. The molecule has 1 N–H and O–H groups in total. The lowest BCUT2D eigenvalue weighted by atomic mass is 9.99. The van der Waals surface area contributed by atoms with Gasteiger partial charge < -0.3 is 5.11 Å². The van der Waals surface area contributed by atoms with Crippen molar-refractivity contribution in [3.8, 4) is 11.1 Å². The normalized spacial score (nSPS) is 12.6. The lowest BCUT2D eigenvalue weighted by molar-refractivity contribution is 0.119. The summed E-state index contributed by atoms with van der Waals surface area (Å²) in [7, 11) is 2.06. The molecule has 0 bridgehead atoms. The number of hydrogen-bond donors (Lipinski definition) is 1. The smallest absolute Gasteiger partial charge is 0.0664 e. The molecule has 20 heavy (non-hydrogen) atoms. The Morgan fingerprint density at radius 1 is 1.00 bits per heavy atom. The molecule has 0 saturated carbocycles. The summed E-state index contributed by atoms with van der Waals surface area (Å²) in [5, 5.41) is 9.75. The summed E-state index contributed by atoms with van der Waals surface area (Å²) in [5.41, 5.74) is 3.81. The van der Waals surface area contributed by atoms with Gasteiger partial charge in [-0.05, 0) is 30.2 Å². The Kier molecular flexibility index (Phi) is 5.33. The van der Waals surface area contributed by atoms with Crippen molar-refractivity contribution in [2.45, 2.75) is 26.0 Å². The fraction of sp³-hybridized carbons (Fsp3) is 0.333. The third kappa shape index (κ3) is 3.92. The van der Waals surface area contributed by atoms with Crippen LogP contribution in [0.2, 0.25) is 0 Å². The topological polar surface area (TPSA) is 23.5 Å². The highest BCUT2D eigenvalue weighted by Crippen LogP contribution is 2.24. The van der Waals surface area contributed by atoms with Crippen LogP contribution < -0.4 is 0 Å². The van der Waals surface area contributed by atoms with Crippen LogP contribution in [0.15, 0.2) is 54.6 Å². The highest BCUT2D eigenvalue weighted by molar-refractivity contribution is 5.67. The fourth-order valence-electron chi connectivity index (χ4n) is 2.40. The molecule has 2 nitrogen and oxygen atoms in total. The van der Waals surface area contributed by atoms with Crippen LogP contribution in [-0.2, 0) is 6.54 Å². The zero-order chi connectivity index (χ0) is 14.4. The maximum Gasteiger partial charge on any atom is 0.0664 e. The summed E-state index contributed by atoms with van der Waals surface area (Å²) in [6.45, 7) is 3.57. The van der Waals surface area contributed by atoms with Crippen LogP contribution in [0.1, 0.15) is 18.9 Å². The summed E-state index contributed by atoms with van der Waals surface area (Å²) in [6.07, 6.45) is 0.550. The second kappa shape index (κ2) is 7.22. The minimum atomic E-state index is -0.246. The molecule has 2 aromatic rings. The van der Waals surface area contributed by atoms with E-state index in [1.807, 2.05) is 13.0 Å². The van der Waals surface area contributed by atoms with Crippen molar-refractivity contribution in [2.75, 3.05) is 13.6 Å². The van der Waals surface area contributed by atoms with Gasteiger partial charge in [-0.25, -0.2) is 0 Å². The standard InChI is InChI=1S/C18H23NO/c1-3-17(20)14-19(2)13-16-11-7-8-12-18(16)15-9-5-4-6-10-15/h4-12,17,20H,3,13-14H2,1-2H3/t17-/m0/s1. The van der Waals surface area contributed by atoms with Crippen molar-refractivity contribution in [3.05, 3.63) is 60.2 Å². The third-order valence-corrected chi connectivity index (χ3v) is 3.54. The molecule has 0 heterocycles. The summed E-state index contributed by atoms with van der Waals surface area (Å²) in [5.74, 6) is 0. The molecule has 106 valence electrons. The van der Waals surface area contributed by atoms with E-state index in [1.165, 1.54) is 16.7 Å². The second-order valence-corrected chi connectivity index (χ2v) is 5.28. The number of benzene rings is 2. The van der Waals surface area contributed by atoms with E-state index in [2.05, 4.69) is 60.5 Å². The van der Waals surface area contributed by atoms with Gasteiger partial charge in [-0.3, -0.25) is 4.90 Å². The molecule has 0 unspecified atom stereocenters. The van der Waals surface area contributed by atoms with Crippen molar-refractivity contribution in [1.29, 1.82) is 0 Å². The highest BCUT2D eigenvalue weighted by atomic mass is 16.3. The van der Waals surface area contributed by atoms with E-state index in [9.17, 15) is 5.11 Å². The van der Waals surface area contributed by atoms with E-state index in [4.69, 9.17) is 0 Å². The monoisotopic (exact) mass is 269 g/mol. The third-order valence-electron chi connectivity index (χ3n) is 3.54. The molecule has 0 aliphatic heterocycles. The van der Waals surface area contributed by atoms with Gasteiger partial charge in [0.25, 0.3) is 0 Å². The van der Waals surface area contributed by atoms with Gasteiger partial charge in [-0.15, -0.1) is 0 Å². The van der Waals surface area contributed by atoms with Gasteiger partial charge in [0.05, 0.1) is 6.10 Å². The first-order valence-electron chi connectivity index (χ1n) is 7.20. The predicted octanol–water partition coefficient (Wildman–Crippen LogP) is 3.56. The largest absolute Gasteiger partial charge is 0.392 e. The predicted molar refractivity (Wildman–Crippen MR) is 84.5 cm³/mol. The SMILES string of the molecule is CC[C@H](O)CN(C)Cc1ccccc1-c1ccccc1. The lowest BCUT2D eigenvalue weighted by Gasteiger charge is -2.21. The van der Waals surface area contributed by atoms with Gasteiger partial charge in [0.1, 0.15) is 0 Å².